The molecule has 0 saturated carbocycles. The number of allylic oxidation sites excluding steroid dienone is 3. The van der Waals surface area contributed by atoms with Crippen LogP contribution in [0.4, 0.5) is 0 Å². The summed E-state index contributed by atoms with van der Waals surface area (Å²) in [5.41, 5.74) is 4.50. The number of hydrogen-bond acceptors (Lipinski definition) is 2. The molecule has 0 heterocycles. The van der Waals surface area contributed by atoms with Crippen LogP contribution in [-0.4, -0.2) is 17.5 Å². The number of fused-ring (bicyclic) bond motifs is 3. The molecule has 2 aliphatic carbocycles. The smallest absolute Gasteiger partial charge is 0.186 e. The zero-order valence-corrected chi connectivity index (χ0v) is 8.60. The SMILES string of the molecule is O=C1C=CC(CO)=C2C1=Cc1ccccc12. The number of carbonyl (C=O) groups excluding carboxylic acids is 1. The van der Waals surface area contributed by atoms with Crippen LogP contribution < -0.4 is 0 Å². The van der Waals surface area contributed by atoms with Gasteiger partial charge in [-0.05, 0) is 34.4 Å². The molecule has 0 amide bonds. The average molecular weight is 210 g/mol. The highest BCUT2D eigenvalue weighted by Crippen LogP contribution is 2.40. The minimum absolute atomic E-state index is 0.0170. The normalized spacial score (nSPS) is 17.3. The first-order valence-electron chi connectivity index (χ1n) is 5.19. The maximum Gasteiger partial charge on any atom is 0.186 e. The molecular formula is C14H10O2. The molecule has 0 aliphatic heterocycles. The number of benzene rings is 1. The highest BCUT2D eigenvalue weighted by atomic mass is 16.3. The van der Waals surface area contributed by atoms with Crippen LogP contribution in [-0.2, 0) is 4.79 Å². The summed E-state index contributed by atoms with van der Waals surface area (Å²) in [5.74, 6) is 0.0170. The number of rotatable bonds is 1. The first kappa shape index (κ1) is 9.31. The van der Waals surface area contributed by atoms with Crippen LogP contribution in [0.1, 0.15) is 11.1 Å². The van der Waals surface area contributed by atoms with Crippen molar-refractivity contribution in [3.05, 3.63) is 58.7 Å². The van der Waals surface area contributed by atoms with E-state index in [-0.39, 0.29) is 12.4 Å². The van der Waals surface area contributed by atoms with Gasteiger partial charge in [0.25, 0.3) is 0 Å². The monoisotopic (exact) mass is 210 g/mol. The van der Waals surface area contributed by atoms with Crippen molar-refractivity contribution in [2.75, 3.05) is 6.61 Å². The number of carbonyl (C=O) groups is 1. The molecule has 16 heavy (non-hydrogen) atoms. The molecule has 1 aromatic carbocycles. The second-order valence-corrected chi connectivity index (χ2v) is 3.90. The van der Waals surface area contributed by atoms with Gasteiger partial charge in [0.15, 0.2) is 5.78 Å². The number of aliphatic hydroxyl groups is 1. The summed E-state index contributed by atoms with van der Waals surface area (Å²) in [6, 6.07) is 7.86. The Kier molecular flexibility index (Phi) is 1.91. The zero-order chi connectivity index (χ0) is 11.1. The minimum Gasteiger partial charge on any atom is -0.392 e. The molecule has 0 atom stereocenters. The molecule has 78 valence electrons. The van der Waals surface area contributed by atoms with Crippen molar-refractivity contribution in [2.24, 2.45) is 0 Å². The van der Waals surface area contributed by atoms with Gasteiger partial charge in [0.1, 0.15) is 0 Å². The fraction of sp³-hybridized carbons (Fsp3) is 0.0714. The van der Waals surface area contributed by atoms with Gasteiger partial charge in [-0.25, -0.2) is 0 Å². The summed E-state index contributed by atoms with van der Waals surface area (Å²) >= 11 is 0. The lowest BCUT2D eigenvalue weighted by Crippen LogP contribution is -2.07. The topological polar surface area (TPSA) is 37.3 Å². The lowest BCUT2D eigenvalue weighted by atomic mass is 9.91. The molecular weight excluding hydrogens is 200 g/mol. The third-order valence-electron chi connectivity index (χ3n) is 2.99. The second-order valence-electron chi connectivity index (χ2n) is 3.90. The third kappa shape index (κ3) is 1.14. The van der Waals surface area contributed by atoms with Gasteiger partial charge in [0.05, 0.1) is 6.61 Å². The van der Waals surface area contributed by atoms with Crippen LogP contribution >= 0.6 is 0 Å². The lowest BCUT2D eigenvalue weighted by Gasteiger charge is -2.13. The molecule has 0 spiro atoms. The second kappa shape index (κ2) is 3.29. The van der Waals surface area contributed by atoms with Crippen molar-refractivity contribution in [1.82, 2.24) is 0 Å². The molecule has 1 aromatic rings. The van der Waals surface area contributed by atoms with Gasteiger partial charge >= 0.3 is 0 Å². The predicted octanol–water partition coefficient (Wildman–Crippen LogP) is 1.97. The largest absolute Gasteiger partial charge is 0.392 e. The van der Waals surface area contributed by atoms with Crippen LogP contribution in [0.25, 0.3) is 11.6 Å². The fourth-order valence-electron chi connectivity index (χ4n) is 2.24. The fourth-order valence-corrected chi connectivity index (χ4v) is 2.24. The van der Waals surface area contributed by atoms with E-state index in [0.717, 1.165) is 22.3 Å². The van der Waals surface area contributed by atoms with Crippen LogP contribution in [0.5, 0.6) is 0 Å². The van der Waals surface area contributed by atoms with Crippen molar-refractivity contribution in [3.63, 3.8) is 0 Å². The Hall–Kier alpha value is -1.93. The minimum atomic E-state index is -0.0369. The van der Waals surface area contributed by atoms with Crippen molar-refractivity contribution < 1.29 is 9.90 Å². The highest BCUT2D eigenvalue weighted by Gasteiger charge is 2.27. The first-order valence-corrected chi connectivity index (χ1v) is 5.19. The van der Waals surface area contributed by atoms with Gasteiger partial charge in [-0.15, -0.1) is 0 Å². The van der Waals surface area contributed by atoms with Gasteiger partial charge in [-0.2, -0.15) is 0 Å². The Morgan fingerprint density at radius 1 is 1.12 bits per heavy atom. The van der Waals surface area contributed by atoms with E-state index in [1.54, 1.807) is 6.08 Å². The van der Waals surface area contributed by atoms with Crippen LogP contribution in [0.15, 0.2) is 47.6 Å². The molecule has 3 rings (SSSR count). The van der Waals surface area contributed by atoms with Crippen molar-refractivity contribution in [2.45, 2.75) is 0 Å². The molecule has 2 heteroatoms. The summed E-state index contributed by atoms with van der Waals surface area (Å²) in [5, 5.41) is 9.30. The number of aliphatic hydroxyl groups excluding tert-OH is 1. The lowest BCUT2D eigenvalue weighted by molar-refractivity contribution is -0.110. The van der Waals surface area contributed by atoms with E-state index < -0.39 is 0 Å². The van der Waals surface area contributed by atoms with Gasteiger partial charge in [-0.3, -0.25) is 4.79 Å². The Labute approximate surface area is 93.2 Å². The van der Waals surface area contributed by atoms with Crippen molar-refractivity contribution >= 4 is 17.4 Å². The quantitative estimate of drug-likeness (QED) is 0.769. The van der Waals surface area contributed by atoms with Gasteiger partial charge in [-0.1, -0.05) is 30.3 Å². The summed E-state index contributed by atoms with van der Waals surface area (Å²) in [6.07, 6.45) is 5.12. The summed E-state index contributed by atoms with van der Waals surface area (Å²) < 4.78 is 0. The molecule has 1 N–H and O–H groups in total. The molecule has 2 nitrogen and oxygen atoms in total. The zero-order valence-electron chi connectivity index (χ0n) is 8.60. The molecule has 0 saturated heterocycles. The molecule has 2 aliphatic rings. The highest BCUT2D eigenvalue weighted by molar-refractivity contribution is 6.24. The van der Waals surface area contributed by atoms with E-state index >= 15 is 0 Å². The maximum atomic E-state index is 11.7. The number of hydrogen-bond donors (Lipinski definition) is 1. The molecule has 0 bridgehead atoms. The molecule has 0 unspecified atom stereocenters. The third-order valence-corrected chi connectivity index (χ3v) is 2.99. The predicted molar refractivity (Wildman–Crippen MR) is 62.6 cm³/mol. The Morgan fingerprint density at radius 2 is 1.94 bits per heavy atom. The summed E-state index contributed by atoms with van der Waals surface area (Å²) in [6.45, 7) is -0.0369. The Bertz CT molecular complexity index is 574. The van der Waals surface area contributed by atoms with E-state index in [0.29, 0.717) is 5.57 Å². The average Bonchev–Trinajstić information content (AvgIpc) is 2.70. The van der Waals surface area contributed by atoms with Crippen molar-refractivity contribution in [1.29, 1.82) is 0 Å². The number of ketones is 1. The van der Waals surface area contributed by atoms with Gasteiger partial charge in [0.2, 0.25) is 0 Å². The summed E-state index contributed by atoms with van der Waals surface area (Å²) in [7, 11) is 0. The Morgan fingerprint density at radius 3 is 2.75 bits per heavy atom. The van der Waals surface area contributed by atoms with E-state index in [2.05, 4.69) is 0 Å². The molecule has 0 radical (unpaired) electrons. The van der Waals surface area contributed by atoms with Crippen LogP contribution in [0.2, 0.25) is 0 Å². The van der Waals surface area contributed by atoms with Gasteiger partial charge in [0, 0.05) is 5.57 Å². The van der Waals surface area contributed by atoms with Crippen LogP contribution in [0, 0.1) is 0 Å². The van der Waals surface area contributed by atoms with E-state index in [9.17, 15) is 9.90 Å². The van der Waals surface area contributed by atoms with E-state index in [4.69, 9.17) is 0 Å². The standard InChI is InChI=1S/C14H10O2/c15-8-10-5-6-13(16)12-7-9-3-1-2-4-11(9)14(10)12/h1-7,15H,8H2. The van der Waals surface area contributed by atoms with Crippen molar-refractivity contribution in [3.8, 4) is 0 Å². The molecule has 0 aromatic heterocycles. The van der Waals surface area contributed by atoms with Gasteiger partial charge < -0.3 is 5.11 Å². The molecule has 0 fully saturated rings. The van der Waals surface area contributed by atoms with E-state index in [1.165, 1.54) is 6.08 Å². The Balaban J connectivity index is 2.31. The van der Waals surface area contributed by atoms with E-state index in [1.807, 2.05) is 30.3 Å². The van der Waals surface area contributed by atoms with Crippen LogP contribution in [0.3, 0.4) is 0 Å². The first-order chi connectivity index (χ1) is 7.81. The maximum absolute atomic E-state index is 11.7. The summed E-state index contributed by atoms with van der Waals surface area (Å²) in [4.78, 5) is 11.7.